The molecule has 0 saturated heterocycles. The van der Waals surface area contributed by atoms with Gasteiger partial charge < -0.3 is 20.6 Å². The van der Waals surface area contributed by atoms with E-state index >= 15 is 0 Å². The molecule has 0 aromatic carbocycles. The fourth-order valence-electron chi connectivity index (χ4n) is 10.1. The molecule has 0 heterocycles. The lowest BCUT2D eigenvalue weighted by Gasteiger charge is -2.23. The summed E-state index contributed by atoms with van der Waals surface area (Å²) < 4.78 is 0. The van der Waals surface area contributed by atoms with Crippen LogP contribution in [0.5, 0.6) is 0 Å². The molecule has 0 aromatic rings. The Kier molecular flexibility index (Phi) is 56.9. The highest BCUT2D eigenvalue weighted by Crippen LogP contribution is 2.19. The first-order valence-corrected chi connectivity index (χ1v) is 31.0. The summed E-state index contributed by atoms with van der Waals surface area (Å²) >= 11 is 0. The summed E-state index contributed by atoms with van der Waals surface area (Å²) in [6.07, 6.45) is 72.8. The molecule has 4 N–H and O–H groups in total. The lowest BCUT2D eigenvalue weighted by atomic mass is 10.0. The van der Waals surface area contributed by atoms with Crippen molar-refractivity contribution >= 4 is 5.91 Å². The Morgan fingerprint density at radius 3 is 0.821 bits per heavy atom. The van der Waals surface area contributed by atoms with Crippen LogP contribution in [0.3, 0.4) is 0 Å². The highest BCUT2D eigenvalue weighted by molar-refractivity contribution is 5.80. The van der Waals surface area contributed by atoms with E-state index in [1.54, 1.807) is 0 Å². The van der Waals surface area contributed by atoms with Crippen molar-refractivity contribution in [3.63, 3.8) is 0 Å². The van der Waals surface area contributed by atoms with E-state index in [4.69, 9.17) is 0 Å². The van der Waals surface area contributed by atoms with Gasteiger partial charge in [0.15, 0.2) is 0 Å². The molecule has 1 amide bonds. The van der Waals surface area contributed by atoms with Gasteiger partial charge in [0.25, 0.3) is 0 Å². The molecule has 0 saturated carbocycles. The molecular weight excluding hydrogens is 823 g/mol. The van der Waals surface area contributed by atoms with Crippen LogP contribution in [-0.4, -0.2) is 46.1 Å². The first-order valence-electron chi connectivity index (χ1n) is 31.0. The van der Waals surface area contributed by atoms with Crippen LogP contribution in [0.1, 0.15) is 354 Å². The maximum absolute atomic E-state index is 12.6. The number of unbranched alkanes of at least 4 members (excludes halogenated alkanes) is 48. The van der Waals surface area contributed by atoms with Gasteiger partial charge >= 0.3 is 0 Å². The molecular formula is C62H123NO4. The van der Waals surface area contributed by atoms with Crippen molar-refractivity contribution in [2.75, 3.05) is 6.61 Å². The summed E-state index contributed by atoms with van der Waals surface area (Å²) in [5.41, 5.74) is 0. The second-order valence-electron chi connectivity index (χ2n) is 21.6. The second-order valence-corrected chi connectivity index (χ2v) is 21.6. The van der Waals surface area contributed by atoms with Gasteiger partial charge in [-0.1, -0.05) is 328 Å². The van der Waals surface area contributed by atoms with Crippen molar-refractivity contribution in [3.05, 3.63) is 12.2 Å². The van der Waals surface area contributed by atoms with Crippen LogP contribution in [-0.2, 0) is 4.79 Å². The Hall–Kier alpha value is -0.910. The number of nitrogens with one attached hydrogen (secondary N) is 1. The molecule has 3 atom stereocenters. The van der Waals surface area contributed by atoms with Crippen molar-refractivity contribution < 1.29 is 20.1 Å². The number of hydrogen-bond donors (Lipinski definition) is 4. The number of rotatable bonds is 58. The number of carbonyl (C=O) groups is 1. The average molecular weight is 947 g/mol. The maximum atomic E-state index is 12.6. The lowest BCUT2D eigenvalue weighted by molar-refractivity contribution is -0.131. The van der Waals surface area contributed by atoms with Crippen LogP contribution >= 0.6 is 0 Å². The van der Waals surface area contributed by atoms with Gasteiger partial charge in [-0.15, -0.1) is 0 Å². The summed E-state index contributed by atoms with van der Waals surface area (Å²) in [5, 5.41) is 33.6. The predicted octanol–water partition coefficient (Wildman–Crippen LogP) is 19.5. The number of aliphatic hydroxyl groups excluding tert-OH is 3. The van der Waals surface area contributed by atoms with Gasteiger partial charge in [0.2, 0.25) is 5.91 Å². The zero-order valence-electron chi connectivity index (χ0n) is 45.8. The smallest absolute Gasteiger partial charge is 0.249 e. The standard InChI is InChI=1S/C62H123NO4/c1-3-5-7-9-11-13-15-17-19-21-23-25-27-28-29-30-31-32-33-35-37-39-41-43-45-47-49-51-53-55-57-61(66)62(67)63-59(58-64)60(65)56-54-52-50-48-46-44-42-40-38-36-34-26-24-22-20-18-16-14-12-10-8-6-4-2/h28-29,59-61,64-66H,3-27,30-58H2,1-2H3,(H,63,67)/b29-28-. The van der Waals surface area contributed by atoms with Gasteiger partial charge in [-0.25, -0.2) is 0 Å². The van der Waals surface area contributed by atoms with Gasteiger partial charge in [-0.05, 0) is 38.5 Å². The van der Waals surface area contributed by atoms with Crippen molar-refractivity contribution in [1.29, 1.82) is 0 Å². The largest absolute Gasteiger partial charge is 0.394 e. The molecule has 0 fully saturated rings. The first kappa shape index (κ1) is 66.1. The van der Waals surface area contributed by atoms with Crippen molar-refractivity contribution in [3.8, 4) is 0 Å². The number of hydrogen-bond acceptors (Lipinski definition) is 4. The fraction of sp³-hybridized carbons (Fsp3) is 0.952. The number of aliphatic hydroxyl groups is 3. The van der Waals surface area contributed by atoms with Gasteiger partial charge in [0, 0.05) is 0 Å². The van der Waals surface area contributed by atoms with Gasteiger partial charge in [-0.3, -0.25) is 4.79 Å². The minimum Gasteiger partial charge on any atom is -0.394 e. The van der Waals surface area contributed by atoms with E-state index in [9.17, 15) is 20.1 Å². The highest BCUT2D eigenvalue weighted by Gasteiger charge is 2.23. The molecule has 0 aliphatic heterocycles. The van der Waals surface area contributed by atoms with E-state index in [2.05, 4.69) is 31.3 Å². The number of allylic oxidation sites excluding steroid dienone is 2. The van der Waals surface area contributed by atoms with E-state index in [0.29, 0.717) is 12.8 Å². The zero-order chi connectivity index (χ0) is 48.6. The molecule has 0 bridgehead atoms. The summed E-state index contributed by atoms with van der Waals surface area (Å²) in [5.74, 6) is -0.463. The molecule has 5 heteroatoms. The third-order valence-corrected chi connectivity index (χ3v) is 14.9. The van der Waals surface area contributed by atoms with Crippen molar-refractivity contribution in [2.45, 2.75) is 372 Å². The molecule has 0 aliphatic carbocycles. The van der Waals surface area contributed by atoms with Crippen LogP contribution in [0.25, 0.3) is 0 Å². The number of amides is 1. The van der Waals surface area contributed by atoms with Crippen LogP contribution in [0, 0.1) is 0 Å². The SMILES string of the molecule is CCCCCCCCCCCCCC/C=C\CCCCCCCCCCCCCCCCC(O)C(=O)NC(CO)C(O)CCCCCCCCCCCCCCCCCCCCCCCCC. The minimum atomic E-state index is -1.07. The average Bonchev–Trinajstić information content (AvgIpc) is 3.33. The van der Waals surface area contributed by atoms with Gasteiger partial charge in [0.1, 0.15) is 6.10 Å². The summed E-state index contributed by atoms with van der Waals surface area (Å²) in [6.45, 7) is 4.28. The third-order valence-electron chi connectivity index (χ3n) is 14.9. The molecule has 3 unspecified atom stereocenters. The first-order chi connectivity index (χ1) is 33.1. The van der Waals surface area contributed by atoms with Crippen LogP contribution in [0.2, 0.25) is 0 Å². The van der Waals surface area contributed by atoms with Gasteiger partial charge in [0.05, 0.1) is 18.8 Å². The van der Waals surface area contributed by atoms with E-state index in [0.717, 1.165) is 32.1 Å². The van der Waals surface area contributed by atoms with Crippen LogP contribution < -0.4 is 5.32 Å². The monoisotopic (exact) mass is 946 g/mol. The van der Waals surface area contributed by atoms with E-state index < -0.39 is 24.2 Å². The van der Waals surface area contributed by atoms with E-state index in [-0.39, 0.29) is 6.61 Å². The third kappa shape index (κ3) is 52.7. The molecule has 0 rings (SSSR count). The predicted molar refractivity (Wildman–Crippen MR) is 296 cm³/mol. The highest BCUT2D eigenvalue weighted by atomic mass is 16.3. The Bertz CT molecular complexity index is 956. The van der Waals surface area contributed by atoms with Crippen LogP contribution in [0.4, 0.5) is 0 Å². The Balaban J connectivity index is 3.48. The lowest BCUT2D eigenvalue weighted by Crippen LogP contribution is -2.49. The van der Waals surface area contributed by atoms with Crippen LogP contribution in [0.15, 0.2) is 12.2 Å². The molecule has 5 nitrogen and oxygen atoms in total. The normalized spacial score (nSPS) is 13.2. The molecule has 0 aromatic heterocycles. The Morgan fingerprint density at radius 1 is 0.343 bits per heavy atom. The molecule has 400 valence electrons. The van der Waals surface area contributed by atoms with E-state index in [1.807, 2.05) is 0 Å². The minimum absolute atomic E-state index is 0.309. The number of carbonyl (C=O) groups excluding carboxylic acids is 1. The fourth-order valence-corrected chi connectivity index (χ4v) is 10.1. The Labute approximate surface area is 420 Å². The molecule has 0 radical (unpaired) electrons. The van der Waals surface area contributed by atoms with Crippen molar-refractivity contribution in [1.82, 2.24) is 5.32 Å². The van der Waals surface area contributed by atoms with Gasteiger partial charge in [-0.2, -0.15) is 0 Å². The topological polar surface area (TPSA) is 89.8 Å². The zero-order valence-corrected chi connectivity index (χ0v) is 45.8. The quantitative estimate of drug-likeness (QED) is 0.0361. The Morgan fingerprint density at radius 2 is 0.567 bits per heavy atom. The summed E-state index contributed by atoms with van der Waals surface area (Å²) in [4.78, 5) is 12.6. The summed E-state index contributed by atoms with van der Waals surface area (Å²) in [7, 11) is 0. The maximum Gasteiger partial charge on any atom is 0.249 e. The van der Waals surface area contributed by atoms with E-state index in [1.165, 1.54) is 295 Å². The second kappa shape index (κ2) is 57.7. The molecule has 0 aliphatic rings. The molecule has 67 heavy (non-hydrogen) atoms. The summed E-state index contributed by atoms with van der Waals surface area (Å²) in [6, 6.07) is -0.710. The van der Waals surface area contributed by atoms with Crippen molar-refractivity contribution in [2.24, 2.45) is 0 Å². The molecule has 0 spiro atoms.